The lowest BCUT2D eigenvalue weighted by Gasteiger charge is -2.17. The van der Waals surface area contributed by atoms with Crippen LogP contribution in [-0.4, -0.2) is 28.2 Å². The van der Waals surface area contributed by atoms with E-state index in [9.17, 15) is 13.6 Å². The highest BCUT2D eigenvalue weighted by Crippen LogP contribution is 2.27. The molecule has 0 radical (unpaired) electrons. The van der Waals surface area contributed by atoms with Crippen molar-refractivity contribution >= 4 is 5.97 Å². The van der Waals surface area contributed by atoms with Crippen molar-refractivity contribution in [2.24, 2.45) is 0 Å². The molecule has 1 atom stereocenters. The Bertz CT molecular complexity index is 1230. The third kappa shape index (κ3) is 11.7. The molecule has 5 nitrogen and oxygen atoms in total. The minimum absolute atomic E-state index is 0.104. The summed E-state index contributed by atoms with van der Waals surface area (Å²) in [4.78, 5) is 20.9. The molecule has 7 heteroatoms. The Balaban J connectivity index is 1.40. The van der Waals surface area contributed by atoms with Crippen molar-refractivity contribution in [2.75, 3.05) is 6.61 Å². The second-order valence-corrected chi connectivity index (χ2v) is 11.5. The Morgan fingerprint density at radius 1 is 0.744 bits per heavy atom. The summed E-state index contributed by atoms with van der Waals surface area (Å²) in [5.74, 6) is -0.422. The Kier molecular flexibility index (Phi) is 14.6. The third-order valence-electron chi connectivity index (χ3n) is 7.64. The fourth-order valence-corrected chi connectivity index (χ4v) is 5.01. The van der Waals surface area contributed by atoms with E-state index in [1.165, 1.54) is 77.2 Å². The van der Waals surface area contributed by atoms with Crippen molar-refractivity contribution in [1.82, 2.24) is 9.97 Å². The van der Waals surface area contributed by atoms with Crippen LogP contribution < -0.4 is 9.47 Å². The third-order valence-corrected chi connectivity index (χ3v) is 7.64. The summed E-state index contributed by atoms with van der Waals surface area (Å²) in [6.45, 7) is 5.80. The Morgan fingerprint density at radius 3 is 1.86 bits per heavy atom. The molecular formula is C36H48F2N2O3. The first-order chi connectivity index (χ1) is 20.8. The number of ether oxygens (including phenoxy) is 2. The average Bonchev–Trinajstić information content (AvgIpc) is 3.00. The number of rotatable bonds is 20. The van der Waals surface area contributed by atoms with Crippen molar-refractivity contribution < 1.29 is 23.0 Å². The van der Waals surface area contributed by atoms with E-state index in [4.69, 9.17) is 9.47 Å². The molecule has 0 aliphatic carbocycles. The van der Waals surface area contributed by atoms with E-state index in [1.807, 2.05) is 6.92 Å². The van der Waals surface area contributed by atoms with Gasteiger partial charge in [-0.2, -0.15) is 0 Å². The largest absolute Gasteiger partial charge is 0.491 e. The fourth-order valence-electron chi connectivity index (χ4n) is 5.01. The first-order valence-corrected chi connectivity index (χ1v) is 16.1. The van der Waals surface area contributed by atoms with Crippen LogP contribution in [0, 0.1) is 5.82 Å². The van der Waals surface area contributed by atoms with Crippen LogP contribution in [0.4, 0.5) is 8.78 Å². The van der Waals surface area contributed by atoms with E-state index in [0.29, 0.717) is 24.4 Å². The number of nitrogens with zero attached hydrogens (tertiary/aromatic N) is 2. The molecule has 0 saturated carbocycles. The van der Waals surface area contributed by atoms with Crippen LogP contribution in [0.2, 0.25) is 0 Å². The quantitative estimate of drug-likeness (QED) is 0.0740. The van der Waals surface area contributed by atoms with Crippen molar-refractivity contribution in [3.05, 3.63) is 60.7 Å². The van der Waals surface area contributed by atoms with E-state index < -0.39 is 17.5 Å². The maximum absolute atomic E-state index is 14.7. The molecule has 43 heavy (non-hydrogen) atoms. The second-order valence-electron chi connectivity index (χ2n) is 11.5. The Hall–Kier alpha value is -3.35. The van der Waals surface area contributed by atoms with Crippen LogP contribution in [0.15, 0.2) is 54.9 Å². The summed E-state index contributed by atoms with van der Waals surface area (Å²) in [7, 11) is 0. The summed E-state index contributed by atoms with van der Waals surface area (Å²) in [5.41, 5.74) is 0.0828. The molecule has 0 aliphatic heterocycles. The summed E-state index contributed by atoms with van der Waals surface area (Å²) in [6.07, 6.45) is 19.2. The van der Waals surface area contributed by atoms with Crippen molar-refractivity contribution in [3.63, 3.8) is 0 Å². The normalized spacial score (nSPS) is 12.6. The molecule has 0 N–H and O–H groups in total. The van der Waals surface area contributed by atoms with Gasteiger partial charge in [-0.1, -0.05) is 103 Å². The summed E-state index contributed by atoms with van der Waals surface area (Å²) in [5, 5.41) is 0. The molecule has 0 amide bonds. The zero-order chi connectivity index (χ0) is 30.9. The number of aromatic nitrogens is 2. The predicted octanol–water partition coefficient (Wildman–Crippen LogP) is 10.5. The molecule has 1 heterocycles. The zero-order valence-corrected chi connectivity index (χ0v) is 26.2. The maximum Gasteiger partial charge on any atom is 0.348 e. The maximum atomic E-state index is 14.7. The van der Waals surface area contributed by atoms with Crippen LogP contribution in [0.3, 0.4) is 0 Å². The van der Waals surface area contributed by atoms with Gasteiger partial charge in [0.15, 0.2) is 17.4 Å². The lowest BCUT2D eigenvalue weighted by Crippen LogP contribution is -2.34. The molecule has 0 spiro atoms. The van der Waals surface area contributed by atoms with Crippen LogP contribution >= 0.6 is 0 Å². The summed E-state index contributed by atoms with van der Waals surface area (Å²) in [6, 6.07) is 11.5. The minimum atomic E-state index is -2.02. The second kappa shape index (κ2) is 18.3. The number of esters is 1. The van der Waals surface area contributed by atoms with Crippen molar-refractivity contribution in [1.29, 1.82) is 0 Å². The van der Waals surface area contributed by atoms with E-state index in [0.717, 1.165) is 24.0 Å². The monoisotopic (exact) mass is 594 g/mol. The Labute approximate surface area is 256 Å². The first-order valence-electron chi connectivity index (χ1n) is 16.1. The molecule has 0 aliphatic rings. The SMILES string of the molecule is CCCCCCCCCCCCCCOc1ccc(-c2ncc(-c3ccc(OC(=O)[C@@](C)(F)CCC)cc3)cn2)cc1F. The number of hydrogen-bond donors (Lipinski definition) is 0. The smallest absolute Gasteiger partial charge is 0.348 e. The topological polar surface area (TPSA) is 61.3 Å². The lowest BCUT2D eigenvalue weighted by atomic mass is 10.0. The molecule has 3 aromatic rings. The molecule has 2 aromatic carbocycles. The predicted molar refractivity (Wildman–Crippen MR) is 169 cm³/mol. The van der Waals surface area contributed by atoms with Gasteiger partial charge in [-0.15, -0.1) is 0 Å². The van der Waals surface area contributed by atoms with E-state index in [1.54, 1.807) is 48.8 Å². The van der Waals surface area contributed by atoms with Gasteiger partial charge in [0.25, 0.3) is 0 Å². The highest BCUT2D eigenvalue weighted by molar-refractivity contribution is 5.81. The van der Waals surface area contributed by atoms with Crippen molar-refractivity contribution in [2.45, 2.75) is 116 Å². The van der Waals surface area contributed by atoms with Gasteiger partial charge in [0.05, 0.1) is 6.61 Å². The van der Waals surface area contributed by atoms with Gasteiger partial charge in [0.2, 0.25) is 5.67 Å². The van der Waals surface area contributed by atoms with Gasteiger partial charge in [0.1, 0.15) is 5.75 Å². The van der Waals surface area contributed by atoms with Gasteiger partial charge in [-0.3, -0.25) is 0 Å². The summed E-state index contributed by atoms with van der Waals surface area (Å²) < 4.78 is 40.0. The standard InChI is InChI=1S/C36H48F2N2O3/c1-4-6-7-8-9-10-11-12-13-14-15-16-24-42-33-22-19-29(25-32(33)37)34-39-26-30(27-40-34)28-17-20-31(21-18-28)43-35(41)36(3,38)23-5-2/h17-22,25-27H,4-16,23-24H2,1-3H3/t36-/m0/s1. The van der Waals surface area contributed by atoms with E-state index in [2.05, 4.69) is 16.9 Å². The number of carbonyl (C=O) groups excluding carboxylic acids is 1. The average molecular weight is 595 g/mol. The lowest BCUT2D eigenvalue weighted by molar-refractivity contribution is -0.147. The minimum Gasteiger partial charge on any atom is -0.491 e. The molecule has 3 rings (SSSR count). The van der Waals surface area contributed by atoms with Gasteiger partial charge in [0, 0.05) is 23.5 Å². The highest BCUT2D eigenvalue weighted by Gasteiger charge is 2.34. The zero-order valence-electron chi connectivity index (χ0n) is 26.2. The molecule has 0 saturated heterocycles. The molecule has 234 valence electrons. The number of halogens is 2. The number of carbonyl (C=O) groups is 1. The molecule has 1 aromatic heterocycles. The first kappa shape index (κ1) is 34.1. The number of hydrogen-bond acceptors (Lipinski definition) is 5. The van der Waals surface area contributed by atoms with Crippen LogP contribution in [0.1, 0.15) is 111 Å². The molecule has 0 fully saturated rings. The fraction of sp³-hybridized carbons (Fsp3) is 0.528. The number of unbranched alkanes of at least 4 members (excludes halogenated alkanes) is 11. The van der Waals surface area contributed by atoms with Crippen LogP contribution in [-0.2, 0) is 4.79 Å². The summed E-state index contributed by atoms with van der Waals surface area (Å²) >= 11 is 0. The van der Waals surface area contributed by atoms with E-state index in [-0.39, 0.29) is 17.9 Å². The van der Waals surface area contributed by atoms with Crippen molar-refractivity contribution in [3.8, 4) is 34.0 Å². The van der Waals surface area contributed by atoms with E-state index >= 15 is 0 Å². The van der Waals surface area contributed by atoms with Gasteiger partial charge in [-0.05, 0) is 55.7 Å². The van der Waals surface area contributed by atoms with Gasteiger partial charge >= 0.3 is 5.97 Å². The molecule has 0 unspecified atom stereocenters. The van der Waals surface area contributed by atoms with Gasteiger partial charge in [-0.25, -0.2) is 23.5 Å². The molecular weight excluding hydrogens is 546 g/mol. The Morgan fingerprint density at radius 2 is 1.30 bits per heavy atom. The number of alkyl halides is 1. The number of benzene rings is 2. The molecule has 0 bridgehead atoms. The van der Waals surface area contributed by atoms with Crippen LogP contribution in [0.5, 0.6) is 11.5 Å². The van der Waals surface area contributed by atoms with Gasteiger partial charge < -0.3 is 9.47 Å². The van der Waals surface area contributed by atoms with Crippen LogP contribution in [0.25, 0.3) is 22.5 Å². The highest BCUT2D eigenvalue weighted by atomic mass is 19.1.